The molecule has 19 heavy (non-hydrogen) atoms. The molecule has 0 bridgehead atoms. The molecule has 5 nitrogen and oxygen atoms in total. The second kappa shape index (κ2) is 4.74. The van der Waals surface area contributed by atoms with E-state index in [9.17, 15) is 0 Å². The largest absolute Gasteiger partial charge is 0.489 e. The van der Waals surface area contributed by atoms with Gasteiger partial charge in [-0.15, -0.1) is 0 Å². The SMILES string of the molecule is CC(C)Oc1cccc2c1nc(N)n2C1CCOC1. The Labute approximate surface area is 112 Å². The summed E-state index contributed by atoms with van der Waals surface area (Å²) < 4.78 is 13.3. The Bertz CT molecular complexity index is 586. The number of hydrogen-bond donors (Lipinski definition) is 1. The van der Waals surface area contributed by atoms with Gasteiger partial charge < -0.3 is 19.8 Å². The number of nitrogens with two attached hydrogens (primary N) is 1. The van der Waals surface area contributed by atoms with Crippen LogP contribution < -0.4 is 10.5 Å². The first kappa shape index (κ1) is 12.3. The van der Waals surface area contributed by atoms with Crippen molar-refractivity contribution in [3.05, 3.63) is 18.2 Å². The predicted octanol–water partition coefficient (Wildman–Crippen LogP) is 2.37. The molecule has 0 saturated carbocycles. The summed E-state index contributed by atoms with van der Waals surface area (Å²) in [4.78, 5) is 4.47. The van der Waals surface area contributed by atoms with Crippen molar-refractivity contribution in [1.29, 1.82) is 0 Å². The second-order valence-electron chi connectivity index (χ2n) is 5.15. The molecule has 2 aromatic rings. The number of aromatic nitrogens is 2. The van der Waals surface area contributed by atoms with Crippen molar-refractivity contribution in [2.24, 2.45) is 0 Å². The van der Waals surface area contributed by atoms with E-state index in [1.165, 1.54) is 0 Å². The van der Waals surface area contributed by atoms with Gasteiger partial charge in [0.2, 0.25) is 5.95 Å². The van der Waals surface area contributed by atoms with Crippen molar-refractivity contribution >= 4 is 17.0 Å². The Morgan fingerprint density at radius 3 is 3.00 bits per heavy atom. The van der Waals surface area contributed by atoms with Crippen molar-refractivity contribution < 1.29 is 9.47 Å². The molecule has 102 valence electrons. The molecule has 0 amide bonds. The molecule has 1 aliphatic rings. The van der Waals surface area contributed by atoms with Crippen LogP contribution in [0.3, 0.4) is 0 Å². The highest BCUT2D eigenvalue weighted by Crippen LogP contribution is 2.32. The first-order chi connectivity index (χ1) is 9.16. The molecular formula is C14H19N3O2. The van der Waals surface area contributed by atoms with Gasteiger partial charge >= 0.3 is 0 Å². The first-order valence-corrected chi connectivity index (χ1v) is 6.67. The monoisotopic (exact) mass is 261 g/mol. The zero-order valence-electron chi connectivity index (χ0n) is 11.3. The number of para-hydroxylation sites is 1. The standard InChI is InChI=1S/C14H19N3O2/c1-9(2)19-12-5-3-4-11-13(12)16-14(15)17(11)10-6-7-18-8-10/h3-5,9-10H,6-8H2,1-2H3,(H2,15,16). The quantitative estimate of drug-likeness (QED) is 0.921. The van der Waals surface area contributed by atoms with Gasteiger partial charge in [0, 0.05) is 6.61 Å². The number of nitrogens with zero attached hydrogens (tertiary/aromatic N) is 2. The molecule has 5 heteroatoms. The molecule has 1 aliphatic heterocycles. The summed E-state index contributed by atoms with van der Waals surface area (Å²) in [6, 6.07) is 6.22. The van der Waals surface area contributed by atoms with Gasteiger partial charge in [0.05, 0.1) is 24.3 Å². The van der Waals surface area contributed by atoms with Gasteiger partial charge in [0.15, 0.2) is 0 Å². The van der Waals surface area contributed by atoms with Crippen molar-refractivity contribution in [3.63, 3.8) is 0 Å². The van der Waals surface area contributed by atoms with Gasteiger partial charge in [-0.1, -0.05) is 6.07 Å². The molecule has 2 N–H and O–H groups in total. The van der Waals surface area contributed by atoms with Crippen molar-refractivity contribution in [2.45, 2.75) is 32.4 Å². The van der Waals surface area contributed by atoms with Crippen molar-refractivity contribution in [3.8, 4) is 5.75 Å². The number of imidazole rings is 1. The van der Waals surface area contributed by atoms with E-state index in [-0.39, 0.29) is 12.1 Å². The van der Waals surface area contributed by atoms with E-state index in [0.717, 1.165) is 29.8 Å². The van der Waals surface area contributed by atoms with Crippen LogP contribution in [0.1, 0.15) is 26.3 Å². The highest BCUT2D eigenvalue weighted by Gasteiger charge is 2.23. The number of ether oxygens (including phenoxy) is 2. The lowest BCUT2D eigenvalue weighted by molar-refractivity contribution is 0.187. The molecule has 1 aromatic carbocycles. The van der Waals surface area contributed by atoms with Gasteiger partial charge in [-0.05, 0) is 32.4 Å². The predicted molar refractivity (Wildman–Crippen MR) is 74.4 cm³/mol. The van der Waals surface area contributed by atoms with Crippen LogP contribution in [0.25, 0.3) is 11.0 Å². The maximum atomic E-state index is 6.07. The average molecular weight is 261 g/mol. The average Bonchev–Trinajstić information content (AvgIpc) is 2.95. The van der Waals surface area contributed by atoms with Crippen molar-refractivity contribution in [1.82, 2.24) is 9.55 Å². The fourth-order valence-electron chi connectivity index (χ4n) is 2.57. The maximum Gasteiger partial charge on any atom is 0.201 e. The van der Waals surface area contributed by atoms with Crippen molar-refractivity contribution in [2.75, 3.05) is 18.9 Å². The third-order valence-corrected chi connectivity index (χ3v) is 3.34. The van der Waals surface area contributed by atoms with Crippen LogP contribution in [0.4, 0.5) is 5.95 Å². The van der Waals surface area contributed by atoms with Crippen LogP contribution in [0.5, 0.6) is 5.75 Å². The molecular weight excluding hydrogens is 242 g/mol. The Hall–Kier alpha value is -1.75. The van der Waals surface area contributed by atoms with E-state index in [1.807, 2.05) is 32.0 Å². The van der Waals surface area contributed by atoms with E-state index < -0.39 is 0 Å². The first-order valence-electron chi connectivity index (χ1n) is 6.67. The lowest BCUT2D eigenvalue weighted by atomic mass is 10.2. The summed E-state index contributed by atoms with van der Waals surface area (Å²) in [6.45, 7) is 5.49. The number of nitrogen functional groups attached to an aromatic ring is 1. The molecule has 1 unspecified atom stereocenters. The molecule has 0 spiro atoms. The van der Waals surface area contributed by atoms with Gasteiger partial charge in [0.1, 0.15) is 11.3 Å². The molecule has 1 atom stereocenters. The van der Waals surface area contributed by atoms with Gasteiger partial charge in [-0.25, -0.2) is 4.98 Å². The smallest absolute Gasteiger partial charge is 0.201 e. The van der Waals surface area contributed by atoms with E-state index in [0.29, 0.717) is 12.6 Å². The van der Waals surface area contributed by atoms with Crippen LogP contribution in [-0.2, 0) is 4.74 Å². The van der Waals surface area contributed by atoms with Crippen LogP contribution >= 0.6 is 0 Å². The third kappa shape index (κ3) is 2.14. The normalized spacial score (nSPS) is 19.4. The molecule has 0 radical (unpaired) electrons. The summed E-state index contributed by atoms with van der Waals surface area (Å²) in [5.74, 6) is 1.32. The Morgan fingerprint density at radius 2 is 2.32 bits per heavy atom. The van der Waals surface area contributed by atoms with Gasteiger partial charge in [-0.3, -0.25) is 0 Å². The summed E-state index contributed by atoms with van der Waals surface area (Å²) in [5.41, 5.74) is 7.93. The van der Waals surface area contributed by atoms with E-state index in [4.69, 9.17) is 15.2 Å². The zero-order chi connectivity index (χ0) is 13.4. The van der Waals surface area contributed by atoms with Gasteiger partial charge in [-0.2, -0.15) is 0 Å². The van der Waals surface area contributed by atoms with E-state index in [1.54, 1.807) is 0 Å². The topological polar surface area (TPSA) is 62.3 Å². The maximum absolute atomic E-state index is 6.07. The summed E-state index contributed by atoms with van der Waals surface area (Å²) in [7, 11) is 0. The third-order valence-electron chi connectivity index (χ3n) is 3.34. The van der Waals surface area contributed by atoms with Crippen LogP contribution in [0.15, 0.2) is 18.2 Å². The lowest BCUT2D eigenvalue weighted by Gasteiger charge is -2.13. The Kier molecular flexibility index (Phi) is 3.06. The summed E-state index contributed by atoms with van der Waals surface area (Å²) in [5, 5.41) is 0. The number of rotatable bonds is 3. The number of anilines is 1. The lowest BCUT2D eigenvalue weighted by Crippen LogP contribution is -2.11. The number of hydrogen-bond acceptors (Lipinski definition) is 4. The minimum Gasteiger partial charge on any atom is -0.489 e. The van der Waals surface area contributed by atoms with E-state index in [2.05, 4.69) is 9.55 Å². The van der Waals surface area contributed by atoms with E-state index >= 15 is 0 Å². The highest BCUT2D eigenvalue weighted by molar-refractivity contribution is 5.84. The molecule has 2 heterocycles. The summed E-state index contributed by atoms with van der Waals surface area (Å²) in [6.07, 6.45) is 1.09. The fraction of sp³-hybridized carbons (Fsp3) is 0.500. The van der Waals surface area contributed by atoms with Crippen LogP contribution in [0, 0.1) is 0 Å². The minimum absolute atomic E-state index is 0.117. The highest BCUT2D eigenvalue weighted by atomic mass is 16.5. The summed E-state index contributed by atoms with van der Waals surface area (Å²) >= 11 is 0. The molecule has 1 fully saturated rings. The zero-order valence-corrected chi connectivity index (χ0v) is 11.3. The Morgan fingerprint density at radius 1 is 1.47 bits per heavy atom. The number of fused-ring (bicyclic) bond motifs is 1. The fourth-order valence-corrected chi connectivity index (χ4v) is 2.57. The van der Waals surface area contributed by atoms with Crippen LogP contribution in [0.2, 0.25) is 0 Å². The van der Waals surface area contributed by atoms with Crippen LogP contribution in [-0.4, -0.2) is 28.9 Å². The molecule has 3 rings (SSSR count). The minimum atomic E-state index is 0.117. The Balaban J connectivity index is 2.11. The molecule has 0 aliphatic carbocycles. The molecule has 1 saturated heterocycles. The van der Waals surface area contributed by atoms with Gasteiger partial charge in [0.25, 0.3) is 0 Å². The number of benzene rings is 1. The second-order valence-corrected chi connectivity index (χ2v) is 5.15. The molecule has 1 aromatic heterocycles.